The van der Waals surface area contributed by atoms with Crippen molar-refractivity contribution in [3.63, 3.8) is 0 Å². The molecular weight excluding hydrogens is 324 g/mol. The van der Waals surface area contributed by atoms with Crippen molar-refractivity contribution in [2.75, 3.05) is 11.8 Å². The number of ether oxygens (including phenoxy) is 1. The highest BCUT2D eigenvalue weighted by molar-refractivity contribution is 7.92. The second kappa shape index (κ2) is 5.55. The van der Waals surface area contributed by atoms with Gasteiger partial charge in [0.15, 0.2) is 0 Å². The van der Waals surface area contributed by atoms with E-state index in [1.165, 1.54) is 19.2 Å². The first-order chi connectivity index (χ1) is 10.5. The number of fused-ring (bicyclic) bond motifs is 1. The molecule has 0 atom stereocenters. The van der Waals surface area contributed by atoms with Gasteiger partial charge in [0.1, 0.15) is 10.6 Å². The van der Waals surface area contributed by atoms with Crippen LogP contribution in [-0.2, 0) is 10.0 Å². The summed E-state index contributed by atoms with van der Waals surface area (Å²) in [6, 6.07) is 11.6. The molecule has 3 aromatic rings. The van der Waals surface area contributed by atoms with Gasteiger partial charge in [-0.2, -0.15) is 0 Å². The van der Waals surface area contributed by atoms with Crippen LogP contribution >= 0.6 is 11.6 Å². The number of hydrogen-bond donors (Lipinski definition) is 2. The third kappa shape index (κ3) is 2.75. The molecule has 7 heteroatoms. The van der Waals surface area contributed by atoms with Gasteiger partial charge in [-0.15, -0.1) is 0 Å². The van der Waals surface area contributed by atoms with E-state index < -0.39 is 10.0 Å². The van der Waals surface area contributed by atoms with Crippen LogP contribution in [0, 0.1) is 0 Å². The summed E-state index contributed by atoms with van der Waals surface area (Å²) in [4.78, 5) is 3.03. The number of halogens is 1. The molecule has 0 aliphatic rings. The molecule has 0 bridgehead atoms. The Morgan fingerprint density at radius 1 is 1.14 bits per heavy atom. The molecule has 0 aliphatic heterocycles. The number of nitrogens with one attached hydrogen (secondary N) is 2. The molecule has 0 unspecified atom stereocenters. The maximum absolute atomic E-state index is 12.5. The van der Waals surface area contributed by atoms with E-state index in [4.69, 9.17) is 16.3 Å². The summed E-state index contributed by atoms with van der Waals surface area (Å²) in [5.41, 5.74) is 1.30. The van der Waals surface area contributed by atoms with Gasteiger partial charge >= 0.3 is 0 Å². The molecule has 0 amide bonds. The van der Waals surface area contributed by atoms with Crippen molar-refractivity contribution >= 4 is 38.2 Å². The summed E-state index contributed by atoms with van der Waals surface area (Å²) in [6.45, 7) is 0. The fourth-order valence-electron chi connectivity index (χ4n) is 2.18. The molecule has 1 aromatic heterocycles. The van der Waals surface area contributed by atoms with Gasteiger partial charge in [-0.25, -0.2) is 8.42 Å². The SMILES string of the molecule is COc1ccc(Cl)cc1S(=O)(=O)Nc1ccc2cc[nH]c2c1. The molecule has 22 heavy (non-hydrogen) atoms. The van der Waals surface area contributed by atoms with Crippen LogP contribution in [0.5, 0.6) is 5.75 Å². The number of aromatic nitrogens is 1. The first-order valence-corrected chi connectivity index (χ1v) is 8.29. The lowest BCUT2D eigenvalue weighted by Crippen LogP contribution is -2.14. The number of rotatable bonds is 4. The van der Waals surface area contributed by atoms with E-state index in [9.17, 15) is 8.42 Å². The van der Waals surface area contributed by atoms with Gasteiger partial charge in [0.25, 0.3) is 10.0 Å². The molecule has 5 nitrogen and oxygen atoms in total. The Morgan fingerprint density at radius 3 is 2.73 bits per heavy atom. The summed E-state index contributed by atoms with van der Waals surface area (Å²) in [6.07, 6.45) is 1.79. The van der Waals surface area contributed by atoms with Crippen LogP contribution in [0.2, 0.25) is 5.02 Å². The van der Waals surface area contributed by atoms with E-state index in [0.717, 1.165) is 10.9 Å². The van der Waals surface area contributed by atoms with Crippen molar-refractivity contribution in [3.8, 4) is 5.75 Å². The number of aromatic amines is 1. The van der Waals surface area contributed by atoms with Crippen molar-refractivity contribution in [1.29, 1.82) is 0 Å². The van der Waals surface area contributed by atoms with E-state index >= 15 is 0 Å². The molecule has 0 radical (unpaired) electrons. The molecule has 0 fully saturated rings. The van der Waals surface area contributed by atoms with Gasteiger partial charge in [0, 0.05) is 16.7 Å². The van der Waals surface area contributed by atoms with Gasteiger partial charge in [-0.3, -0.25) is 4.72 Å². The van der Waals surface area contributed by atoms with Crippen molar-refractivity contribution in [3.05, 3.63) is 53.7 Å². The minimum atomic E-state index is -3.80. The van der Waals surface area contributed by atoms with Crippen LogP contribution in [0.1, 0.15) is 0 Å². The average Bonchev–Trinajstić information content (AvgIpc) is 2.94. The van der Waals surface area contributed by atoms with Gasteiger partial charge in [-0.05, 0) is 41.8 Å². The normalized spacial score (nSPS) is 11.5. The molecule has 3 rings (SSSR count). The largest absolute Gasteiger partial charge is 0.495 e. The van der Waals surface area contributed by atoms with Crippen LogP contribution in [0.3, 0.4) is 0 Å². The molecule has 2 aromatic carbocycles. The van der Waals surface area contributed by atoms with E-state index in [1.807, 2.05) is 12.1 Å². The van der Waals surface area contributed by atoms with E-state index in [0.29, 0.717) is 10.7 Å². The van der Waals surface area contributed by atoms with Crippen molar-refractivity contribution in [2.45, 2.75) is 4.90 Å². The zero-order valence-electron chi connectivity index (χ0n) is 11.6. The van der Waals surface area contributed by atoms with Crippen molar-refractivity contribution in [1.82, 2.24) is 4.98 Å². The predicted octanol–water partition coefficient (Wildman–Crippen LogP) is 3.63. The standard InChI is InChI=1S/C15H13ClN2O3S/c1-21-14-5-3-11(16)8-15(14)22(19,20)18-12-4-2-10-6-7-17-13(10)9-12/h2-9,17-18H,1H3. The quantitative estimate of drug-likeness (QED) is 0.764. The third-order valence-corrected chi connectivity index (χ3v) is 4.86. The van der Waals surface area contributed by atoms with Crippen LogP contribution < -0.4 is 9.46 Å². The Hall–Kier alpha value is -2.18. The highest BCUT2D eigenvalue weighted by Gasteiger charge is 2.20. The number of sulfonamides is 1. The summed E-state index contributed by atoms with van der Waals surface area (Å²) < 4.78 is 32.7. The lowest BCUT2D eigenvalue weighted by molar-refractivity contribution is 0.403. The van der Waals surface area contributed by atoms with E-state index in [1.54, 1.807) is 24.4 Å². The fraction of sp³-hybridized carbons (Fsp3) is 0.0667. The molecular formula is C15H13ClN2O3S. The zero-order chi connectivity index (χ0) is 15.7. The average molecular weight is 337 g/mol. The summed E-state index contributed by atoms with van der Waals surface area (Å²) >= 11 is 5.89. The zero-order valence-corrected chi connectivity index (χ0v) is 13.2. The van der Waals surface area contributed by atoms with Crippen molar-refractivity contribution in [2.24, 2.45) is 0 Å². The minimum Gasteiger partial charge on any atom is -0.495 e. The topological polar surface area (TPSA) is 71.2 Å². The maximum Gasteiger partial charge on any atom is 0.265 e. The van der Waals surface area contributed by atoms with Gasteiger partial charge in [0.05, 0.1) is 12.8 Å². The predicted molar refractivity (Wildman–Crippen MR) is 87.1 cm³/mol. The lowest BCUT2D eigenvalue weighted by Gasteiger charge is -2.12. The van der Waals surface area contributed by atoms with Crippen LogP contribution in [0.4, 0.5) is 5.69 Å². The maximum atomic E-state index is 12.5. The number of H-pyrrole nitrogens is 1. The highest BCUT2D eigenvalue weighted by atomic mass is 35.5. The molecule has 0 saturated heterocycles. The van der Waals surface area contributed by atoms with Crippen LogP contribution in [-0.4, -0.2) is 20.5 Å². The number of benzene rings is 2. The minimum absolute atomic E-state index is 0.00548. The number of hydrogen-bond acceptors (Lipinski definition) is 3. The first-order valence-electron chi connectivity index (χ1n) is 6.43. The Kier molecular flexibility index (Phi) is 3.72. The van der Waals surface area contributed by atoms with E-state index in [-0.39, 0.29) is 10.6 Å². The van der Waals surface area contributed by atoms with Crippen LogP contribution in [0.25, 0.3) is 10.9 Å². The Labute approximate surface area is 132 Å². The highest BCUT2D eigenvalue weighted by Crippen LogP contribution is 2.29. The summed E-state index contributed by atoms with van der Waals surface area (Å²) in [7, 11) is -2.39. The molecule has 1 heterocycles. The summed E-state index contributed by atoms with van der Waals surface area (Å²) in [5, 5.41) is 1.32. The van der Waals surface area contributed by atoms with Crippen LogP contribution in [0.15, 0.2) is 53.6 Å². The molecule has 0 saturated carbocycles. The Bertz CT molecular complexity index is 935. The number of methoxy groups -OCH3 is 1. The van der Waals surface area contributed by atoms with Gasteiger partial charge < -0.3 is 9.72 Å². The molecule has 0 spiro atoms. The third-order valence-electron chi connectivity index (χ3n) is 3.22. The smallest absolute Gasteiger partial charge is 0.265 e. The first kappa shape index (κ1) is 14.7. The molecule has 0 aliphatic carbocycles. The summed E-state index contributed by atoms with van der Waals surface area (Å²) in [5.74, 6) is 0.234. The van der Waals surface area contributed by atoms with Gasteiger partial charge in [0.2, 0.25) is 0 Å². The molecule has 114 valence electrons. The Balaban J connectivity index is 2.01. The second-order valence-electron chi connectivity index (χ2n) is 4.68. The van der Waals surface area contributed by atoms with Gasteiger partial charge in [-0.1, -0.05) is 17.7 Å². The second-order valence-corrected chi connectivity index (χ2v) is 6.77. The van der Waals surface area contributed by atoms with Crippen molar-refractivity contribution < 1.29 is 13.2 Å². The fourth-order valence-corrected chi connectivity index (χ4v) is 3.66. The monoisotopic (exact) mass is 336 g/mol. The lowest BCUT2D eigenvalue weighted by atomic mass is 10.2. The molecule has 2 N–H and O–H groups in total. The number of anilines is 1. The van der Waals surface area contributed by atoms with E-state index in [2.05, 4.69) is 9.71 Å². The Morgan fingerprint density at radius 2 is 1.95 bits per heavy atom.